The fourth-order valence-corrected chi connectivity index (χ4v) is 3.44. The summed E-state index contributed by atoms with van der Waals surface area (Å²) < 4.78 is 23.8. The van der Waals surface area contributed by atoms with Gasteiger partial charge in [0.15, 0.2) is 9.84 Å². The maximum atomic E-state index is 11.9. The van der Waals surface area contributed by atoms with Crippen LogP contribution in [0.25, 0.3) is 11.3 Å². The fraction of sp³-hybridized carbons (Fsp3) is 0.267. The van der Waals surface area contributed by atoms with E-state index in [4.69, 9.17) is 11.6 Å². The van der Waals surface area contributed by atoms with E-state index < -0.39 is 9.84 Å². The highest BCUT2D eigenvalue weighted by Crippen LogP contribution is 2.29. The van der Waals surface area contributed by atoms with Crippen LogP contribution in [0.5, 0.6) is 0 Å². The van der Waals surface area contributed by atoms with Crippen molar-refractivity contribution in [3.05, 3.63) is 47.1 Å². The van der Waals surface area contributed by atoms with Crippen molar-refractivity contribution in [1.29, 1.82) is 0 Å². The Morgan fingerprint density at radius 2 is 1.90 bits per heavy atom. The van der Waals surface area contributed by atoms with Crippen molar-refractivity contribution in [2.24, 2.45) is 0 Å². The van der Waals surface area contributed by atoms with Crippen molar-refractivity contribution < 1.29 is 8.42 Å². The fourth-order valence-electron chi connectivity index (χ4n) is 2.36. The number of nitrogens with zero attached hydrogens (tertiary/aromatic N) is 1. The van der Waals surface area contributed by atoms with E-state index in [1.165, 1.54) is 17.8 Å². The van der Waals surface area contributed by atoms with Gasteiger partial charge in [0.2, 0.25) is 0 Å². The predicted octanol–water partition coefficient (Wildman–Crippen LogP) is 2.49. The van der Waals surface area contributed by atoms with Gasteiger partial charge < -0.3 is 5.32 Å². The summed E-state index contributed by atoms with van der Waals surface area (Å²) in [5.74, 6) is 0.548. The third-order valence-corrected chi connectivity index (χ3v) is 4.97. The van der Waals surface area contributed by atoms with Gasteiger partial charge in [0, 0.05) is 37.0 Å². The smallest absolute Gasteiger partial charge is 0.177 e. The first kappa shape index (κ1) is 14.5. The molecule has 0 aliphatic carbocycles. The van der Waals surface area contributed by atoms with Crippen LogP contribution >= 0.6 is 11.6 Å². The Kier molecular flexibility index (Phi) is 3.73. The topological polar surface area (TPSA) is 59.1 Å². The van der Waals surface area contributed by atoms with Crippen molar-refractivity contribution in [2.45, 2.75) is 10.8 Å². The Balaban J connectivity index is 2.04. The lowest BCUT2D eigenvalue weighted by Gasteiger charge is -2.27. The molecule has 1 aromatic carbocycles. The van der Waals surface area contributed by atoms with Crippen LogP contribution in [0.4, 0.5) is 0 Å². The van der Waals surface area contributed by atoms with Crippen molar-refractivity contribution in [3.63, 3.8) is 0 Å². The summed E-state index contributed by atoms with van der Waals surface area (Å²) in [4.78, 5) is 4.36. The van der Waals surface area contributed by atoms with Crippen LogP contribution in [-0.4, -0.2) is 32.7 Å². The molecule has 0 atom stereocenters. The molecule has 0 saturated carbocycles. The number of benzene rings is 1. The SMILES string of the molecule is CS(=O)(=O)c1cc(Cl)cnc1-c1ccc(C2CNC2)cc1. The van der Waals surface area contributed by atoms with Gasteiger partial charge in [0.1, 0.15) is 0 Å². The Morgan fingerprint density at radius 1 is 1.24 bits per heavy atom. The lowest BCUT2D eigenvalue weighted by Crippen LogP contribution is -2.39. The summed E-state index contributed by atoms with van der Waals surface area (Å²) in [6.07, 6.45) is 2.63. The van der Waals surface area contributed by atoms with Gasteiger partial charge in [-0.15, -0.1) is 0 Å². The Labute approximate surface area is 129 Å². The molecule has 0 spiro atoms. The highest BCUT2D eigenvalue weighted by atomic mass is 35.5. The number of aromatic nitrogens is 1. The zero-order chi connectivity index (χ0) is 15.0. The molecule has 1 N–H and O–H groups in total. The molecule has 1 aromatic heterocycles. The predicted molar refractivity (Wildman–Crippen MR) is 83.4 cm³/mol. The molecule has 110 valence electrons. The zero-order valence-electron chi connectivity index (χ0n) is 11.5. The molecule has 3 rings (SSSR count). The number of hydrogen-bond donors (Lipinski definition) is 1. The van der Waals surface area contributed by atoms with Gasteiger partial charge >= 0.3 is 0 Å². The van der Waals surface area contributed by atoms with Crippen LogP contribution in [0.2, 0.25) is 5.02 Å². The minimum absolute atomic E-state index is 0.160. The Hall–Kier alpha value is -1.43. The summed E-state index contributed by atoms with van der Waals surface area (Å²) in [5.41, 5.74) is 2.48. The highest BCUT2D eigenvalue weighted by molar-refractivity contribution is 7.90. The number of sulfone groups is 1. The van der Waals surface area contributed by atoms with Crippen LogP contribution in [-0.2, 0) is 9.84 Å². The summed E-state index contributed by atoms with van der Waals surface area (Å²) in [6, 6.07) is 9.34. The first-order valence-electron chi connectivity index (χ1n) is 6.62. The van der Waals surface area contributed by atoms with Gasteiger partial charge in [-0.3, -0.25) is 4.98 Å². The molecule has 1 aliphatic rings. The van der Waals surface area contributed by atoms with E-state index in [1.807, 2.05) is 24.3 Å². The Bertz CT molecular complexity index is 769. The third kappa shape index (κ3) is 2.95. The molecule has 0 radical (unpaired) electrons. The average molecular weight is 323 g/mol. The monoisotopic (exact) mass is 322 g/mol. The van der Waals surface area contributed by atoms with E-state index in [0.29, 0.717) is 16.6 Å². The molecule has 6 heteroatoms. The summed E-state index contributed by atoms with van der Waals surface area (Å²) in [5, 5.41) is 3.55. The minimum atomic E-state index is -3.38. The third-order valence-electron chi connectivity index (χ3n) is 3.66. The molecule has 2 heterocycles. The molecule has 1 saturated heterocycles. The molecular formula is C15H15ClN2O2S. The van der Waals surface area contributed by atoms with E-state index in [1.54, 1.807) is 0 Å². The number of nitrogens with one attached hydrogen (secondary N) is 1. The van der Waals surface area contributed by atoms with E-state index in [2.05, 4.69) is 10.3 Å². The van der Waals surface area contributed by atoms with Gasteiger partial charge in [0.05, 0.1) is 15.6 Å². The van der Waals surface area contributed by atoms with E-state index in [0.717, 1.165) is 24.9 Å². The van der Waals surface area contributed by atoms with E-state index in [9.17, 15) is 8.42 Å². The van der Waals surface area contributed by atoms with Crippen LogP contribution in [0.15, 0.2) is 41.4 Å². The number of rotatable bonds is 3. The lowest BCUT2D eigenvalue weighted by atomic mass is 9.93. The number of pyridine rings is 1. The minimum Gasteiger partial charge on any atom is -0.315 e. The van der Waals surface area contributed by atoms with Gasteiger partial charge in [-0.2, -0.15) is 0 Å². The van der Waals surface area contributed by atoms with Crippen molar-refractivity contribution in [3.8, 4) is 11.3 Å². The first-order valence-corrected chi connectivity index (χ1v) is 8.89. The van der Waals surface area contributed by atoms with Gasteiger partial charge in [0.25, 0.3) is 0 Å². The first-order chi connectivity index (χ1) is 9.95. The standard InChI is InChI=1S/C15H15ClN2O2S/c1-21(19,20)14-6-13(16)9-18-15(14)11-4-2-10(3-5-11)12-7-17-8-12/h2-6,9,12,17H,7-8H2,1H3. The molecule has 1 fully saturated rings. The van der Waals surface area contributed by atoms with Crippen molar-refractivity contribution >= 4 is 21.4 Å². The van der Waals surface area contributed by atoms with Crippen LogP contribution in [0.3, 0.4) is 0 Å². The maximum absolute atomic E-state index is 11.9. The second-order valence-corrected chi connectivity index (χ2v) is 7.67. The van der Waals surface area contributed by atoms with Crippen molar-refractivity contribution in [1.82, 2.24) is 10.3 Å². The quantitative estimate of drug-likeness (QED) is 0.943. The summed E-state index contributed by atoms with van der Waals surface area (Å²) in [7, 11) is -3.38. The molecule has 21 heavy (non-hydrogen) atoms. The maximum Gasteiger partial charge on any atom is 0.177 e. The van der Waals surface area contributed by atoms with E-state index >= 15 is 0 Å². The molecular weight excluding hydrogens is 308 g/mol. The summed E-state index contributed by atoms with van der Waals surface area (Å²) in [6.45, 7) is 1.99. The van der Waals surface area contributed by atoms with Gasteiger partial charge in [-0.05, 0) is 11.6 Å². The summed E-state index contributed by atoms with van der Waals surface area (Å²) >= 11 is 5.87. The van der Waals surface area contributed by atoms with Crippen LogP contribution in [0.1, 0.15) is 11.5 Å². The molecule has 0 bridgehead atoms. The molecule has 0 unspecified atom stereocenters. The largest absolute Gasteiger partial charge is 0.315 e. The zero-order valence-corrected chi connectivity index (χ0v) is 13.1. The number of halogens is 1. The molecule has 2 aromatic rings. The number of hydrogen-bond acceptors (Lipinski definition) is 4. The molecule has 1 aliphatic heterocycles. The Morgan fingerprint density at radius 3 is 2.43 bits per heavy atom. The van der Waals surface area contributed by atoms with Crippen LogP contribution < -0.4 is 5.32 Å². The van der Waals surface area contributed by atoms with Crippen LogP contribution in [0, 0.1) is 0 Å². The van der Waals surface area contributed by atoms with Gasteiger partial charge in [-0.25, -0.2) is 8.42 Å². The molecule has 0 amide bonds. The van der Waals surface area contributed by atoms with E-state index in [-0.39, 0.29) is 4.90 Å². The second kappa shape index (κ2) is 5.40. The van der Waals surface area contributed by atoms with Gasteiger partial charge in [-0.1, -0.05) is 35.9 Å². The lowest BCUT2D eigenvalue weighted by molar-refractivity contribution is 0.448. The highest BCUT2D eigenvalue weighted by Gasteiger charge is 2.20. The molecule has 4 nitrogen and oxygen atoms in total. The van der Waals surface area contributed by atoms with Crippen molar-refractivity contribution in [2.75, 3.05) is 19.3 Å². The average Bonchev–Trinajstić information content (AvgIpc) is 2.37. The second-order valence-electron chi connectivity index (χ2n) is 5.25. The normalized spacial score (nSPS) is 15.7.